The number of hydrogen-bond donors (Lipinski definition) is 1. The van der Waals surface area contributed by atoms with E-state index in [-0.39, 0.29) is 23.8 Å². The second-order valence-electron chi connectivity index (χ2n) is 7.23. The highest BCUT2D eigenvalue weighted by molar-refractivity contribution is 7.07. The number of nitrogens with zero attached hydrogens (tertiary/aromatic N) is 1. The molecule has 28 heavy (non-hydrogen) atoms. The van der Waals surface area contributed by atoms with Crippen molar-refractivity contribution in [1.82, 2.24) is 9.88 Å². The van der Waals surface area contributed by atoms with Crippen LogP contribution in [0.4, 0.5) is 0 Å². The van der Waals surface area contributed by atoms with Crippen molar-refractivity contribution in [3.8, 4) is 0 Å². The zero-order chi connectivity index (χ0) is 21.1. The Morgan fingerprint density at radius 3 is 2.46 bits per heavy atom. The Morgan fingerprint density at radius 1 is 1.21 bits per heavy atom. The van der Waals surface area contributed by atoms with Crippen molar-refractivity contribution >= 4 is 58.4 Å². The Bertz CT molecular complexity index is 1080. The average Bonchev–Trinajstić information content (AvgIpc) is 2.86. The molecule has 1 N–H and O–H groups in total. The van der Waals surface area contributed by atoms with Crippen LogP contribution in [0, 0.1) is 5.41 Å². The van der Waals surface area contributed by atoms with Gasteiger partial charge in [-0.2, -0.15) is 0 Å². The van der Waals surface area contributed by atoms with Gasteiger partial charge in [-0.1, -0.05) is 50.0 Å². The Labute approximate surface area is 177 Å². The SMILES string of the molecule is CCNC(=O)Cn1c(=O)/c(=C/c2ccc(Cl)c(Cl)c2)s/c1=C/C(=O)C(C)(C)C. The maximum absolute atomic E-state index is 12.9. The molecule has 0 saturated carbocycles. The molecule has 0 bridgehead atoms. The lowest BCUT2D eigenvalue weighted by Gasteiger charge is -2.12. The summed E-state index contributed by atoms with van der Waals surface area (Å²) in [6.45, 7) is 7.51. The number of hydrogen-bond acceptors (Lipinski definition) is 4. The summed E-state index contributed by atoms with van der Waals surface area (Å²) in [7, 11) is 0. The fourth-order valence-electron chi connectivity index (χ4n) is 2.27. The summed E-state index contributed by atoms with van der Waals surface area (Å²) in [5, 5.41) is 3.47. The summed E-state index contributed by atoms with van der Waals surface area (Å²) in [6, 6.07) is 5.04. The molecule has 0 radical (unpaired) electrons. The quantitative estimate of drug-likeness (QED) is 0.776. The van der Waals surface area contributed by atoms with Gasteiger partial charge in [-0.15, -0.1) is 11.3 Å². The lowest BCUT2D eigenvalue weighted by atomic mass is 9.91. The highest BCUT2D eigenvalue weighted by Crippen LogP contribution is 2.22. The first kappa shape index (κ1) is 22.4. The first-order chi connectivity index (χ1) is 13.0. The minimum atomic E-state index is -0.593. The predicted octanol–water partition coefficient (Wildman–Crippen LogP) is 2.58. The Morgan fingerprint density at radius 2 is 1.89 bits per heavy atom. The third-order valence-corrected chi connectivity index (χ3v) is 5.65. The van der Waals surface area contributed by atoms with E-state index in [0.29, 0.717) is 31.3 Å². The number of rotatable bonds is 5. The van der Waals surface area contributed by atoms with E-state index < -0.39 is 5.41 Å². The summed E-state index contributed by atoms with van der Waals surface area (Å²) in [4.78, 5) is 37.4. The lowest BCUT2D eigenvalue weighted by Crippen LogP contribution is -2.38. The van der Waals surface area contributed by atoms with E-state index in [0.717, 1.165) is 11.3 Å². The summed E-state index contributed by atoms with van der Waals surface area (Å²) in [5.74, 6) is -0.416. The lowest BCUT2D eigenvalue weighted by molar-refractivity contribution is -0.122. The number of thiazole rings is 1. The number of carbonyl (C=O) groups is 2. The van der Waals surface area contributed by atoms with Crippen molar-refractivity contribution in [3.63, 3.8) is 0 Å². The molecule has 150 valence electrons. The summed E-state index contributed by atoms with van der Waals surface area (Å²) < 4.78 is 2.15. The Kier molecular flexibility index (Phi) is 7.26. The standard InChI is InChI=1S/C20H22Cl2N2O3S/c1-5-23-17(26)11-24-18(10-16(25)20(2,3)4)28-15(19(24)27)9-12-6-7-13(21)14(22)8-12/h6-10H,5,11H2,1-4H3,(H,23,26)/b15-9-,18-10+. The molecule has 0 fully saturated rings. The van der Waals surface area contributed by atoms with Gasteiger partial charge in [0, 0.05) is 18.0 Å². The summed E-state index contributed by atoms with van der Waals surface area (Å²) >= 11 is 13.1. The van der Waals surface area contributed by atoms with Crippen molar-refractivity contribution in [3.05, 3.63) is 53.4 Å². The number of Topliss-reactive ketones (excluding diaryl/α,β-unsaturated/α-hetero) is 1. The first-order valence-electron chi connectivity index (χ1n) is 8.72. The minimum Gasteiger partial charge on any atom is -0.355 e. The molecular formula is C20H22Cl2N2O3S. The van der Waals surface area contributed by atoms with Gasteiger partial charge in [-0.25, -0.2) is 0 Å². The van der Waals surface area contributed by atoms with Crippen molar-refractivity contribution < 1.29 is 9.59 Å². The van der Waals surface area contributed by atoms with Gasteiger partial charge in [0.1, 0.15) is 11.2 Å². The van der Waals surface area contributed by atoms with Gasteiger partial charge in [-0.3, -0.25) is 19.0 Å². The highest BCUT2D eigenvalue weighted by atomic mass is 35.5. The van der Waals surface area contributed by atoms with E-state index >= 15 is 0 Å². The topological polar surface area (TPSA) is 68.2 Å². The van der Waals surface area contributed by atoms with Crippen molar-refractivity contribution in [2.24, 2.45) is 5.41 Å². The van der Waals surface area contributed by atoms with Gasteiger partial charge in [-0.05, 0) is 30.7 Å². The predicted molar refractivity (Wildman–Crippen MR) is 115 cm³/mol. The van der Waals surface area contributed by atoms with E-state index in [1.165, 1.54) is 10.6 Å². The Balaban J connectivity index is 2.65. The summed E-state index contributed by atoms with van der Waals surface area (Å²) in [6.07, 6.45) is 3.10. The van der Waals surface area contributed by atoms with Crippen molar-refractivity contribution in [2.75, 3.05) is 6.54 Å². The monoisotopic (exact) mass is 440 g/mol. The van der Waals surface area contributed by atoms with Crippen LogP contribution in [0.5, 0.6) is 0 Å². The molecule has 8 heteroatoms. The molecule has 1 aromatic carbocycles. The van der Waals surface area contributed by atoms with Gasteiger partial charge in [0.15, 0.2) is 5.78 Å². The fourth-order valence-corrected chi connectivity index (χ4v) is 3.62. The van der Waals surface area contributed by atoms with Crippen LogP contribution in [0.2, 0.25) is 10.0 Å². The molecule has 0 aliphatic heterocycles. The Hall–Kier alpha value is -1.89. The molecule has 2 aromatic rings. The zero-order valence-electron chi connectivity index (χ0n) is 16.1. The normalized spacial score (nSPS) is 13.1. The average molecular weight is 441 g/mol. The molecule has 0 unspecified atom stereocenters. The molecule has 0 aliphatic rings. The highest BCUT2D eigenvalue weighted by Gasteiger charge is 2.20. The molecule has 1 amide bonds. The van der Waals surface area contributed by atoms with Gasteiger partial charge >= 0.3 is 0 Å². The molecule has 1 heterocycles. The molecular weight excluding hydrogens is 419 g/mol. The number of nitrogens with one attached hydrogen (secondary N) is 1. The second-order valence-corrected chi connectivity index (χ2v) is 9.10. The van der Waals surface area contributed by atoms with Gasteiger partial charge in [0.2, 0.25) is 5.91 Å². The van der Waals surface area contributed by atoms with Crippen LogP contribution in [0.3, 0.4) is 0 Å². The third kappa shape index (κ3) is 5.56. The maximum atomic E-state index is 12.9. The van der Waals surface area contributed by atoms with Crippen LogP contribution in [0.25, 0.3) is 12.2 Å². The van der Waals surface area contributed by atoms with Crippen LogP contribution in [-0.4, -0.2) is 22.8 Å². The van der Waals surface area contributed by atoms with E-state index in [2.05, 4.69) is 5.32 Å². The van der Waals surface area contributed by atoms with Gasteiger partial charge in [0.05, 0.1) is 14.6 Å². The van der Waals surface area contributed by atoms with E-state index in [1.807, 2.05) is 0 Å². The number of ketones is 1. The van der Waals surface area contributed by atoms with Crippen LogP contribution >= 0.6 is 34.5 Å². The fraction of sp³-hybridized carbons (Fsp3) is 0.350. The largest absolute Gasteiger partial charge is 0.355 e. The number of likely N-dealkylation sites (N-methyl/N-ethyl adjacent to an activating group) is 1. The summed E-state index contributed by atoms with van der Waals surface area (Å²) in [5.41, 5.74) is -0.230. The molecule has 1 aromatic heterocycles. The van der Waals surface area contributed by atoms with Crippen LogP contribution in [0.1, 0.15) is 33.3 Å². The van der Waals surface area contributed by atoms with Crippen molar-refractivity contribution in [2.45, 2.75) is 34.2 Å². The van der Waals surface area contributed by atoms with Crippen molar-refractivity contribution in [1.29, 1.82) is 0 Å². The zero-order valence-corrected chi connectivity index (χ0v) is 18.5. The van der Waals surface area contributed by atoms with Crippen LogP contribution in [0.15, 0.2) is 23.0 Å². The smallest absolute Gasteiger partial charge is 0.269 e. The number of aromatic nitrogens is 1. The maximum Gasteiger partial charge on any atom is 0.269 e. The van der Waals surface area contributed by atoms with E-state index in [4.69, 9.17) is 23.2 Å². The van der Waals surface area contributed by atoms with Crippen LogP contribution < -0.4 is 20.1 Å². The van der Waals surface area contributed by atoms with Gasteiger partial charge in [0.25, 0.3) is 5.56 Å². The molecule has 0 spiro atoms. The van der Waals surface area contributed by atoms with E-state index in [9.17, 15) is 14.4 Å². The minimum absolute atomic E-state index is 0.125. The first-order valence-corrected chi connectivity index (χ1v) is 10.3. The number of amides is 1. The molecule has 0 atom stereocenters. The second kappa shape index (κ2) is 9.07. The van der Waals surface area contributed by atoms with E-state index in [1.54, 1.807) is 52.0 Å². The molecule has 0 saturated heterocycles. The number of benzene rings is 1. The number of carbonyl (C=O) groups excluding carboxylic acids is 2. The van der Waals surface area contributed by atoms with Crippen LogP contribution in [-0.2, 0) is 16.1 Å². The number of halogens is 2. The molecule has 5 nitrogen and oxygen atoms in total. The third-order valence-electron chi connectivity index (χ3n) is 3.85. The molecule has 0 aliphatic carbocycles. The molecule has 2 rings (SSSR count). The van der Waals surface area contributed by atoms with Gasteiger partial charge < -0.3 is 5.32 Å².